The summed E-state index contributed by atoms with van der Waals surface area (Å²) in [6.07, 6.45) is -3.27. The van der Waals surface area contributed by atoms with E-state index in [1.165, 1.54) is 6.92 Å². The van der Waals surface area contributed by atoms with E-state index in [0.717, 1.165) is 17.0 Å². The highest BCUT2D eigenvalue weighted by Gasteiger charge is 2.42. The predicted molar refractivity (Wildman–Crippen MR) is 65.9 cm³/mol. The van der Waals surface area contributed by atoms with Crippen LogP contribution < -0.4 is 0 Å². The molecule has 2 rings (SSSR count). The summed E-state index contributed by atoms with van der Waals surface area (Å²) < 4.78 is 64.1. The number of ketones is 1. The van der Waals surface area contributed by atoms with Crippen LogP contribution in [0.1, 0.15) is 30.1 Å². The molecule has 1 saturated carbocycles. The van der Waals surface area contributed by atoms with Crippen molar-refractivity contribution in [3.8, 4) is 0 Å². The summed E-state index contributed by atoms with van der Waals surface area (Å²) >= 11 is 0. The van der Waals surface area contributed by atoms with Crippen molar-refractivity contribution in [2.24, 2.45) is 0 Å². The number of alkyl halides is 3. The number of halogens is 5. The molecule has 0 bridgehead atoms. The van der Waals surface area contributed by atoms with Gasteiger partial charge >= 0.3 is 6.18 Å². The predicted octanol–water partition coefficient (Wildman–Crippen LogP) is 3.56. The zero-order valence-electron chi connectivity index (χ0n) is 11.3. The van der Waals surface area contributed by atoms with Gasteiger partial charge < -0.3 is 0 Å². The lowest BCUT2D eigenvalue weighted by molar-refractivity contribution is -0.149. The minimum Gasteiger partial charge on any atom is -0.292 e. The summed E-state index contributed by atoms with van der Waals surface area (Å²) in [6.45, 7) is 0.0998. The molecule has 1 aromatic rings. The fraction of sp³-hybridized carbons (Fsp3) is 0.500. The third-order valence-corrected chi connectivity index (χ3v) is 3.45. The molecule has 0 aliphatic heterocycles. The number of carbonyl (C=O) groups excluding carboxylic acids is 1. The van der Waals surface area contributed by atoms with E-state index in [-0.39, 0.29) is 6.04 Å². The van der Waals surface area contributed by atoms with Crippen molar-refractivity contribution in [3.05, 3.63) is 35.4 Å². The lowest BCUT2D eigenvalue weighted by Crippen LogP contribution is -2.45. The number of nitrogens with zero attached hydrogens (tertiary/aromatic N) is 1. The van der Waals surface area contributed by atoms with Gasteiger partial charge in [-0.3, -0.25) is 9.69 Å². The first-order chi connectivity index (χ1) is 9.69. The van der Waals surface area contributed by atoms with Crippen LogP contribution >= 0.6 is 0 Å². The number of hydrogen-bond donors (Lipinski definition) is 0. The van der Waals surface area contributed by atoms with Crippen LogP contribution in [0.2, 0.25) is 0 Å². The van der Waals surface area contributed by atoms with E-state index in [4.69, 9.17) is 0 Å². The van der Waals surface area contributed by atoms with E-state index in [1.54, 1.807) is 0 Å². The first-order valence-corrected chi connectivity index (χ1v) is 6.51. The summed E-state index contributed by atoms with van der Waals surface area (Å²) in [4.78, 5) is 13.2. The van der Waals surface area contributed by atoms with E-state index in [0.29, 0.717) is 18.9 Å². The van der Waals surface area contributed by atoms with Crippen molar-refractivity contribution >= 4 is 5.78 Å². The van der Waals surface area contributed by atoms with E-state index in [1.807, 2.05) is 0 Å². The maximum atomic E-state index is 13.6. The summed E-state index contributed by atoms with van der Waals surface area (Å²) in [5.41, 5.74) is -0.392. The van der Waals surface area contributed by atoms with Gasteiger partial charge in [0.1, 0.15) is 11.6 Å². The molecule has 1 aliphatic rings. The summed E-state index contributed by atoms with van der Waals surface area (Å²) in [5.74, 6) is -2.68. The molecular weight excluding hydrogens is 293 g/mol. The fourth-order valence-electron chi connectivity index (χ4n) is 2.26. The van der Waals surface area contributed by atoms with Crippen LogP contribution in [-0.4, -0.2) is 35.5 Å². The third kappa shape index (κ3) is 4.00. The standard InChI is InChI=1S/C14H14F5NO/c1-8(20(10-3-4-10)7-14(17,18)19)13(21)11-5-2-9(15)6-12(11)16/h2,5-6,8,10H,3-4,7H2,1H3. The van der Waals surface area contributed by atoms with Crippen molar-refractivity contribution < 1.29 is 26.7 Å². The monoisotopic (exact) mass is 307 g/mol. The molecule has 2 nitrogen and oxygen atoms in total. The number of hydrogen-bond acceptors (Lipinski definition) is 2. The van der Waals surface area contributed by atoms with Gasteiger partial charge in [-0.15, -0.1) is 0 Å². The second-order valence-electron chi connectivity index (χ2n) is 5.18. The van der Waals surface area contributed by atoms with Crippen LogP contribution in [0.5, 0.6) is 0 Å². The second kappa shape index (κ2) is 5.71. The average molecular weight is 307 g/mol. The van der Waals surface area contributed by atoms with Gasteiger partial charge in [0.15, 0.2) is 5.78 Å². The van der Waals surface area contributed by atoms with Gasteiger partial charge in [0.2, 0.25) is 0 Å². The zero-order valence-corrected chi connectivity index (χ0v) is 11.3. The largest absolute Gasteiger partial charge is 0.401 e. The van der Waals surface area contributed by atoms with Gasteiger partial charge in [0.25, 0.3) is 0 Å². The Morgan fingerprint density at radius 1 is 1.33 bits per heavy atom. The summed E-state index contributed by atoms with van der Waals surface area (Å²) in [5, 5.41) is 0. The molecule has 1 atom stereocenters. The van der Waals surface area contributed by atoms with Crippen LogP contribution in [0, 0.1) is 11.6 Å². The smallest absolute Gasteiger partial charge is 0.292 e. The van der Waals surface area contributed by atoms with Gasteiger partial charge in [-0.2, -0.15) is 13.2 Å². The first-order valence-electron chi connectivity index (χ1n) is 6.51. The van der Waals surface area contributed by atoms with Crippen LogP contribution in [0.3, 0.4) is 0 Å². The minimum absolute atomic E-state index is 0.311. The van der Waals surface area contributed by atoms with Crippen molar-refractivity contribution in [1.82, 2.24) is 4.90 Å². The van der Waals surface area contributed by atoms with Crippen molar-refractivity contribution in [2.45, 2.75) is 38.0 Å². The fourth-order valence-corrected chi connectivity index (χ4v) is 2.26. The molecular formula is C14H14F5NO. The first kappa shape index (κ1) is 15.9. The Labute approximate surface area is 118 Å². The Kier molecular flexibility index (Phi) is 4.32. The molecule has 1 aromatic carbocycles. The Morgan fingerprint density at radius 3 is 2.43 bits per heavy atom. The number of carbonyl (C=O) groups is 1. The Bertz CT molecular complexity index is 539. The highest BCUT2D eigenvalue weighted by atomic mass is 19.4. The van der Waals surface area contributed by atoms with Gasteiger partial charge in [-0.05, 0) is 31.9 Å². The number of benzene rings is 1. The van der Waals surface area contributed by atoms with E-state index < -0.39 is 41.7 Å². The molecule has 0 spiro atoms. The Balaban J connectivity index is 2.19. The van der Waals surface area contributed by atoms with Crippen LogP contribution in [0.25, 0.3) is 0 Å². The van der Waals surface area contributed by atoms with Gasteiger partial charge in [-0.1, -0.05) is 0 Å². The van der Waals surface area contributed by atoms with Gasteiger partial charge in [0, 0.05) is 12.1 Å². The Morgan fingerprint density at radius 2 is 1.95 bits per heavy atom. The van der Waals surface area contributed by atoms with Crippen LogP contribution in [0.4, 0.5) is 22.0 Å². The maximum absolute atomic E-state index is 13.6. The zero-order chi connectivity index (χ0) is 15.8. The van der Waals surface area contributed by atoms with Crippen molar-refractivity contribution in [1.29, 1.82) is 0 Å². The second-order valence-corrected chi connectivity index (χ2v) is 5.18. The molecule has 0 heterocycles. The molecule has 1 unspecified atom stereocenters. The Hall–Kier alpha value is -1.50. The van der Waals surface area contributed by atoms with Gasteiger partial charge in [0.05, 0.1) is 18.2 Å². The molecule has 1 aliphatic carbocycles. The summed E-state index contributed by atoms with van der Waals surface area (Å²) in [7, 11) is 0. The lowest BCUT2D eigenvalue weighted by atomic mass is 10.0. The minimum atomic E-state index is -4.43. The molecule has 0 radical (unpaired) electrons. The molecule has 7 heteroatoms. The molecule has 0 N–H and O–H groups in total. The molecule has 21 heavy (non-hydrogen) atoms. The highest BCUT2D eigenvalue weighted by Crippen LogP contribution is 2.32. The van der Waals surface area contributed by atoms with E-state index in [9.17, 15) is 26.7 Å². The molecule has 0 amide bonds. The SMILES string of the molecule is CC(C(=O)c1ccc(F)cc1F)N(CC(F)(F)F)C1CC1. The average Bonchev–Trinajstić information content (AvgIpc) is 3.17. The molecule has 1 fully saturated rings. The van der Waals surface area contributed by atoms with Crippen molar-refractivity contribution in [3.63, 3.8) is 0 Å². The molecule has 0 aromatic heterocycles. The molecule has 116 valence electrons. The lowest BCUT2D eigenvalue weighted by Gasteiger charge is -2.29. The maximum Gasteiger partial charge on any atom is 0.401 e. The topological polar surface area (TPSA) is 20.3 Å². The highest BCUT2D eigenvalue weighted by molar-refractivity contribution is 6.00. The van der Waals surface area contributed by atoms with Crippen LogP contribution in [0.15, 0.2) is 18.2 Å². The number of rotatable bonds is 5. The third-order valence-electron chi connectivity index (χ3n) is 3.45. The van der Waals surface area contributed by atoms with Crippen LogP contribution in [-0.2, 0) is 0 Å². The van der Waals surface area contributed by atoms with E-state index >= 15 is 0 Å². The van der Waals surface area contributed by atoms with Crippen molar-refractivity contribution in [2.75, 3.05) is 6.54 Å². The van der Waals surface area contributed by atoms with E-state index in [2.05, 4.69) is 0 Å². The quantitative estimate of drug-likeness (QED) is 0.612. The van der Waals surface area contributed by atoms with Gasteiger partial charge in [-0.25, -0.2) is 8.78 Å². The number of Topliss-reactive ketones (excluding diaryl/α,β-unsaturated/α-hetero) is 1. The summed E-state index contributed by atoms with van der Waals surface area (Å²) in [6, 6.07) is 0.995. The normalized spacial score (nSPS) is 17.1. The molecule has 0 saturated heterocycles.